The SMILES string of the molecule is CCCn1nc(C)c(CNc2ccc(SCCCO)cc2)c1C. The number of anilines is 1. The van der Waals surface area contributed by atoms with Crippen molar-refractivity contribution in [3.8, 4) is 0 Å². The molecular formula is C18H27N3OS. The summed E-state index contributed by atoms with van der Waals surface area (Å²) in [6, 6.07) is 8.49. The van der Waals surface area contributed by atoms with Gasteiger partial charge in [-0.2, -0.15) is 5.10 Å². The smallest absolute Gasteiger partial charge is 0.0646 e. The first-order valence-corrected chi connectivity index (χ1v) is 9.24. The molecule has 0 bridgehead atoms. The Bertz CT molecular complexity index is 607. The highest BCUT2D eigenvalue weighted by molar-refractivity contribution is 7.99. The second-order valence-electron chi connectivity index (χ2n) is 5.68. The van der Waals surface area contributed by atoms with Gasteiger partial charge in [-0.1, -0.05) is 6.92 Å². The fourth-order valence-corrected chi connectivity index (χ4v) is 3.37. The highest BCUT2D eigenvalue weighted by Crippen LogP contribution is 2.22. The molecule has 5 heteroatoms. The number of aliphatic hydroxyl groups is 1. The first-order valence-electron chi connectivity index (χ1n) is 8.26. The van der Waals surface area contributed by atoms with Crippen molar-refractivity contribution in [1.29, 1.82) is 0 Å². The van der Waals surface area contributed by atoms with Gasteiger partial charge < -0.3 is 10.4 Å². The van der Waals surface area contributed by atoms with Crippen LogP contribution in [0.5, 0.6) is 0 Å². The van der Waals surface area contributed by atoms with Gasteiger partial charge in [-0.3, -0.25) is 4.68 Å². The van der Waals surface area contributed by atoms with Crippen molar-refractivity contribution >= 4 is 17.4 Å². The van der Waals surface area contributed by atoms with Crippen molar-refractivity contribution in [2.45, 2.75) is 51.6 Å². The van der Waals surface area contributed by atoms with E-state index in [1.54, 1.807) is 11.8 Å². The molecule has 1 aromatic heterocycles. The molecule has 0 amide bonds. The molecule has 0 aliphatic carbocycles. The monoisotopic (exact) mass is 333 g/mol. The number of nitrogens with zero attached hydrogens (tertiary/aromatic N) is 2. The van der Waals surface area contributed by atoms with E-state index in [0.717, 1.165) is 43.1 Å². The van der Waals surface area contributed by atoms with Crippen molar-refractivity contribution < 1.29 is 5.11 Å². The molecule has 2 N–H and O–H groups in total. The third-order valence-electron chi connectivity index (χ3n) is 3.86. The zero-order valence-corrected chi connectivity index (χ0v) is 15.1. The zero-order chi connectivity index (χ0) is 16.7. The van der Waals surface area contributed by atoms with Crippen LogP contribution in [0.4, 0.5) is 5.69 Å². The predicted molar refractivity (Wildman–Crippen MR) is 98.2 cm³/mol. The van der Waals surface area contributed by atoms with E-state index in [1.807, 2.05) is 0 Å². The molecule has 0 atom stereocenters. The molecule has 1 heterocycles. The molecule has 0 radical (unpaired) electrons. The summed E-state index contributed by atoms with van der Waals surface area (Å²) in [4.78, 5) is 1.24. The molecule has 0 spiro atoms. The first kappa shape index (κ1) is 17.9. The average Bonchev–Trinajstić information content (AvgIpc) is 2.81. The molecule has 0 unspecified atom stereocenters. The summed E-state index contributed by atoms with van der Waals surface area (Å²) in [5.41, 5.74) is 4.78. The number of rotatable bonds is 9. The van der Waals surface area contributed by atoms with E-state index in [0.29, 0.717) is 0 Å². The van der Waals surface area contributed by atoms with Crippen LogP contribution >= 0.6 is 11.8 Å². The normalized spacial score (nSPS) is 11.0. The van der Waals surface area contributed by atoms with Gasteiger partial charge in [-0.05, 0) is 51.0 Å². The Hall–Kier alpha value is -1.46. The van der Waals surface area contributed by atoms with Gasteiger partial charge >= 0.3 is 0 Å². The number of aliphatic hydroxyl groups excluding tert-OH is 1. The molecule has 2 aromatic rings. The maximum Gasteiger partial charge on any atom is 0.0646 e. The second-order valence-corrected chi connectivity index (χ2v) is 6.84. The third-order valence-corrected chi connectivity index (χ3v) is 4.96. The maximum atomic E-state index is 8.82. The van der Waals surface area contributed by atoms with Crippen LogP contribution in [0.15, 0.2) is 29.2 Å². The molecule has 0 saturated carbocycles. The van der Waals surface area contributed by atoms with E-state index in [2.05, 4.69) is 60.1 Å². The van der Waals surface area contributed by atoms with Gasteiger partial charge in [0, 0.05) is 47.3 Å². The molecule has 126 valence electrons. The summed E-state index contributed by atoms with van der Waals surface area (Å²) in [6.45, 7) is 8.45. The van der Waals surface area contributed by atoms with Crippen LogP contribution in [-0.4, -0.2) is 27.2 Å². The number of hydrogen-bond acceptors (Lipinski definition) is 4. The molecule has 0 aliphatic heterocycles. The number of benzene rings is 1. The number of nitrogens with one attached hydrogen (secondary N) is 1. The van der Waals surface area contributed by atoms with Crippen LogP contribution in [0, 0.1) is 13.8 Å². The van der Waals surface area contributed by atoms with Crippen LogP contribution in [0.3, 0.4) is 0 Å². The molecular weight excluding hydrogens is 306 g/mol. The zero-order valence-electron chi connectivity index (χ0n) is 14.3. The van der Waals surface area contributed by atoms with Crippen LogP contribution in [0.1, 0.15) is 36.7 Å². The minimum atomic E-state index is 0.261. The highest BCUT2D eigenvalue weighted by atomic mass is 32.2. The Labute approximate surface area is 143 Å². The Morgan fingerprint density at radius 2 is 1.96 bits per heavy atom. The summed E-state index contributed by atoms with van der Waals surface area (Å²) >= 11 is 1.78. The van der Waals surface area contributed by atoms with Gasteiger partial charge in [0.25, 0.3) is 0 Å². The lowest BCUT2D eigenvalue weighted by molar-refractivity contribution is 0.296. The lowest BCUT2D eigenvalue weighted by Gasteiger charge is -2.08. The molecule has 0 saturated heterocycles. The summed E-state index contributed by atoms with van der Waals surface area (Å²) in [5.74, 6) is 0.957. The molecule has 4 nitrogen and oxygen atoms in total. The molecule has 0 aliphatic rings. The van der Waals surface area contributed by atoms with Gasteiger partial charge in [-0.25, -0.2) is 0 Å². The van der Waals surface area contributed by atoms with E-state index in [-0.39, 0.29) is 6.61 Å². The predicted octanol–water partition coefficient (Wildman–Crippen LogP) is 4.00. The van der Waals surface area contributed by atoms with E-state index >= 15 is 0 Å². The molecule has 0 fully saturated rings. The van der Waals surface area contributed by atoms with Gasteiger partial charge in [0.05, 0.1) is 5.69 Å². The quantitative estimate of drug-likeness (QED) is 0.538. The van der Waals surface area contributed by atoms with Crippen molar-refractivity contribution in [3.05, 3.63) is 41.2 Å². The van der Waals surface area contributed by atoms with Crippen LogP contribution in [0.2, 0.25) is 0 Å². The molecule has 23 heavy (non-hydrogen) atoms. The number of thioether (sulfide) groups is 1. The van der Waals surface area contributed by atoms with Crippen LogP contribution in [-0.2, 0) is 13.1 Å². The highest BCUT2D eigenvalue weighted by Gasteiger charge is 2.10. The van der Waals surface area contributed by atoms with Crippen molar-refractivity contribution in [3.63, 3.8) is 0 Å². The maximum absolute atomic E-state index is 8.82. The summed E-state index contributed by atoms with van der Waals surface area (Å²) < 4.78 is 2.10. The standard InChI is InChI=1S/C18H27N3OS/c1-4-10-21-15(3)18(14(2)20-21)13-19-16-6-8-17(9-7-16)23-12-5-11-22/h6-9,19,22H,4-5,10-13H2,1-3H3. The van der Waals surface area contributed by atoms with Gasteiger partial charge in [-0.15, -0.1) is 11.8 Å². The minimum Gasteiger partial charge on any atom is -0.396 e. The van der Waals surface area contributed by atoms with Crippen LogP contribution in [0.25, 0.3) is 0 Å². The van der Waals surface area contributed by atoms with Gasteiger partial charge in [0.1, 0.15) is 0 Å². The van der Waals surface area contributed by atoms with Gasteiger partial charge in [0.2, 0.25) is 0 Å². The number of aromatic nitrogens is 2. The molecule has 2 rings (SSSR count). The van der Waals surface area contributed by atoms with Crippen molar-refractivity contribution in [2.75, 3.05) is 17.7 Å². The van der Waals surface area contributed by atoms with E-state index in [4.69, 9.17) is 5.11 Å². The average molecular weight is 334 g/mol. The number of hydrogen-bond donors (Lipinski definition) is 2. The van der Waals surface area contributed by atoms with Crippen molar-refractivity contribution in [1.82, 2.24) is 9.78 Å². The summed E-state index contributed by atoms with van der Waals surface area (Å²) in [7, 11) is 0. The topological polar surface area (TPSA) is 50.1 Å². The van der Waals surface area contributed by atoms with Gasteiger partial charge in [0.15, 0.2) is 0 Å². The second kappa shape index (κ2) is 8.99. The van der Waals surface area contributed by atoms with E-state index in [1.165, 1.54) is 16.2 Å². The fraction of sp³-hybridized carbons (Fsp3) is 0.500. The van der Waals surface area contributed by atoms with Crippen LogP contribution < -0.4 is 5.32 Å². The lowest BCUT2D eigenvalue weighted by atomic mass is 10.2. The number of aryl methyl sites for hydroxylation is 2. The third kappa shape index (κ3) is 5.01. The fourth-order valence-electron chi connectivity index (χ4n) is 2.53. The summed E-state index contributed by atoms with van der Waals surface area (Å²) in [6.07, 6.45) is 1.94. The van der Waals surface area contributed by atoms with E-state index < -0.39 is 0 Å². The largest absolute Gasteiger partial charge is 0.396 e. The lowest BCUT2D eigenvalue weighted by Crippen LogP contribution is -2.04. The Morgan fingerprint density at radius 1 is 1.22 bits per heavy atom. The first-order chi connectivity index (χ1) is 11.2. The Morgan fingerprint density at radius 3 is 2.61 bits per heavy atom. The van der Waals surface area contributed by atoms with E-state index in [9.17, 15) is 0 Å². The molecule has 1 aromatic carbocycles. The minimum absolute atomic E-state index is 0.261. The van der Waals surface area contributed by atoms with Crippen molar-refractivity contribution in [2.24, 2.45) is 0 Å². The Kier molecular flexibility index (Phi) is 6.99. The summed E-state index contributed by atoms with van der Waals surface area (Å²) in [5, 5.41) is 16.9. The Balaban J connectivity index is 1.93.